The van der Waals surface area contributed by atoms with E-state index in [0.717, 1.165) is 50.6 Å². The predicted molar refractivity (Wildman–Crippen MR) is 151 cm³/mol. The van der Waals surface area contributed by atoms with Gasteiger partial charge in [0.05, 0.1) is 37.6 Å². The fourth-order valence-electron chi connectivity index (χ4n) is 5.32. The third kappa shape index (κ3) is 6.02. The van der Waals surface area contributed by atoms with Crippen molar-refractivity contribution in [2.45, 2.75) is 24.7 Å². The Morgan fingerprint density at radius 1 is 1.12 bits per heavy atom. The summed E-state index contributed by atoms with van der Waals surface area (Å²) in [6.45, 7) is 6.33. The van der Waals surface area contributed by atoms with Gasteiger partial charge in [0.1, 0.15) is 35.6 Å². The lowest BCUT2D eigenvalue weighted by Crippen LogP contribution is -2.56. The molecule has 11 nitrogen and oxygen atoms in total. The summed E-state index contributed by atoms with van der Waals surface area (Å²) in [5.74, 6) is 1.81. The van der Waals surface area contributed by atoms with Crippen molar-refractivity contribution in [2.75, 3.05) is 69.8 Å². The van der Waals surface area contributed by atoms with Crippen molar-refractivity contribution in [2.24, 2.45) is 0 Å². The predicted octanol–water partition coefficient (Wildman–Crippen LogP) is 2.76. The van der Waals surface area contributed by atoms with Crippen molar-refractivity contribution in [1.82, 2.24) is 25.2 Å². The van der Waals surface area contributed by atoms with Gasteiger partial charge < -0.3 is 29.7 Å². The number of rotatable bonds is 8. The maximum atomic E-state index is 14.2. The van der Waals surface area contributed by atoms with Gasteiger partial charge in [-0.2, -0.15) is 10.2 Å². The minimum absolute atomic E-state index is 0.248. The molecule has 3 saturated heterocycles. The number of alkyl halides is 1. The molecule has 3 aromatic rings. The maximum absolute atomic E-state index is 14.2. The van der Waals surface area contributed by atoms with Crippen LogP contribution in [0.15, 0.2) is 42.6 Å². The van der Waals surface area contributed by atoms with Gasteiger partial charge in [0.25, 0.3) is 0 Å². The van der Waals surface area contributed by atoms with Crippen molar-refractivity contribution in [3.8, 4) is 29.0 Å². The molecule has 0 saturated carbocycles. The van der Waals surface area contributed by atoms with Crippen molar-refractivity contribution in [3.63, 3.8) is 0 Å². The van der Waals surface area contributed by atoms with Gasteiger partial charge in [-0.25, -0.2) is 14.4 Å². The van der Waals surface area contributed by atoms with Crippen LogP contribution in [0.3, 0.4) is 0 Å². The number of hydrogen-bond acceptors (Lipinski definition) is 11. The Kier molecular flexibility index (Phi) is 8.09. The second-order valence-corrected chi connectivity index (χ2v) is 10.3. The van der Waals surface area contributed by atoms with Gasteiger partial charge in [-0.15, -0.1) is 0 Å². The molecule has 0 amide bonds. The smallest absolute Gasteiger partial charge is 0.239 e. The van der Waals surface area contributed by atoms with Crippen LogP contribution in [0.4, 0.5) is 21.8 Å². The highest BCUT2D eigenvalue weighted by molar-refractivity contribution is 5.66. The standard InChI is InChI=1S/C29H33FN8O3/c1-39-28-24(38-12-10-37(11-13-38)21-17-40-18-21)3-5-27(35-28)36-29-33-9-6-23(34-29)19-2-4-25(20(14-19)15-31)41-26-7-8-32-16-22(26)30/h2-6,9,14,21-22,26,32H,7-8,10-13,16-18H2,1H3,(H,33,34,35,36)/t22-,26+/m1/s1. The molecule has 2 atom stereocenters. The maximum Gasteiger partial charge on any atom is 0.239 e. The van der Waals surface area contributed by atoms with Crippen molar-refractivity contribution >= 4 is 17.5 Å². The minimum atomic E-state index is -1.12. The van der Waals surface area contributed by atoms with E-state index < -0.39 is 12.3 Å². The molecule has 0 spiro atoms. The number of piperazine rings is 1. The second-order valence-electron chi connectivity index (χ2n) is 10.3. The first-order valence-corrected chi connectivity index (χ1v) is 13.9. The van der Waals surface area contributed by atoms with Crippen LogP contribution < -0.4 is 25.0 Å². The number of ether oxygens (including phenoxy) is 3. The summed E-state index contributed by atoms with van der Waals surface area (Å²) >= 11 is 0. The average Bonchev–Trinajstić information content (AvgIpc) is 2.98. The first-order chi connectivity index (χ1) is 20.1. The summed E-state index contributed by atoms with van der Waals surface area (Å²) in [6.07, 6.45) is 0.486. The molecule has 0 radical (unpaired) electrons. The monoisotopic (exact) mass is 560 g/mol. The van der Waals surface area contributed by atoms with Crippen LogP contribution >= 0.6 is 0 Å². The highest BCUT2D eigenvalue weighted by Gasteiger charge is 2.30. The van der Waals surface area contributed by atoms with Crippen LogP contribution in [-0.4, -0.2) is 97.8 Å². The largest absolute Gasteiger partial charge is 0.486 e. The molecule has 1 aromatic carbocycles. The van der Waals surface area contributed by atoms with E-state index in [0.29, 0.717) is 53.7 Å². The number of nitrogens with zero attached hydrogens (tertiary/aromatic N) is 6. The van der Waals surface area contributed by atoms with Gasteiger partial charge in [-0.05, 0) is 49.4 Å². The number of methoxy groups -OCH3 is 1. The summed E-state index contributed by atoms with van der Waals surface area (Å²) in [7, 11) is 1.62. The summed E-state index contributed by atoms with van der Waals surface area (Å²) in [6, 6.07) is 13.6. The molecular formula is C29H33FN8O3. The molecule has 2 aromatic heterocycles. The minimum Gasteiger partial charge on any atom is -0.486 e. The number of anilines is 3. The number of pyridine rings is 1. The third-order valence-electron chi connectivity index (χ3n) is 7.74. The Balaban J connectivity index is 1.14. The van der Waals surface area contributed by atoms with E-state index in [2.05, 4.69) is 41.5 Å². The Labute approximate surface area is 238 Å². The van der Waals surface area contributed by atoms with E-state index in [1.54, 1.807) is 31.5 Å². The molecule has 41 heavy (non-hydrogen) atoms. The van der Waals surface area contributed by atoms with Crippen LogP contribution in [0, 0.1) is 11.3 Å². The van der Waals surface area contributed by atoms with Gasteiger partial charge in [0.2, 0.25) is 11.8 Å². The molecule has 3 fully saturated rings. The second kappa shape index (κ2) is 12.2. The number of nitriles is 1. The van der Waals surface area contributed by atoms with Crippen LogP contribution in [0.1, 0.15) is 12.0 Å². The molecular weight excluding hydrogens is 527 g/mol. The fourth-order valence-corrected chi connectivity index (χ4v) is 5.32. The highest BCUT2D eigenvalue weighted by atomic mass is 19.1. The number of hydrogen-bond donors (Lipinski definition) is 2. The first kappa shape index (κ1) is 27.1. The van der Waals surface area contributed by atoms with E-state index in [9.17, 15) is 9.65 Å². The first-order valence-electron chi connectivity index (χ1n) is 13.9. The van der Waals surface area contributed by atoms with E-state index in [1.165, 1.54) is 0 Å². The van der Waals surface area contributed by atoms with E-state index in [-0.39, 0.29) is 6.54 Å². The topological polar surface area (TPSA) is 121 Å². The summed E-state index contributed by atoms with van der Waals surface area (Å²) in [5.41, 5.74) is 2.61. The molecule has 12 heteroatoms. The van der Waals surface area contributed by atoms with Crippen molar-refractivity contribution < 1.29 is 18.6 Å². The lowest BCUT2D eigenvalue weighted by Gasteiger charge is -2.43. The SMILES string of the molecule is COc1nc(Nc2nccc(-c3ccc(O[C@H]4CCNC[C@H]4F)c(C#N)c3)n2)ccc1N1CCN(C2COC2)CC1. The van der Waals surface area contributed by atoms with Crippen molar-refractivity contribution in [3.05, 3.63) is 48.2 Å². The third-order valence-corrected chi connectivity index (χ3v) is 7.74. The summed E-state index contributed by atoms with van der Waals surface area (Å²) in [4.78, 5) is 18.4. The highest BCUT2D eigenvalue weighted by Crippen LogP contribution is 2.31. The zero-order valence-corrected chi connectivity index (χ0v) is 22.9. The van der Waals surface area contributed by atoms with Crippen LogP contribution in [-0.2, 0) is 4.74 Å². The zero-order chi connectivity index (χ0) is 28.2. The molecule has 214 valence electrons. The Bertz CT molecular complexity index is 1410. The molecule has 6 rings (SSSR count). The van der Waals surface area contributed by atoms with Gasteiger partial charge in [-0.1, -0.05) is 0 Å². The molecule has 3 aliphatic rings. The van der Waals surface area contributed by atoms with Gasteiger partial charge in [-0.3, -0.25) is 4.90 Å². The van der Waals surface area contributed by atoms with Gasteiger partial charge in [0.15, 0.2) is 0 Å². The van der Waals surface area contributed by atoms with Crippen molar-refractivity contribution in [1.29, 1.82) is 5.26 Å². The Morgan fingerprint density at radius 3 is 2.71 bits per heavy atom. The summed E-state index contributed by atoms with van der Waals surface area (Å²) in [5, 5.41) is 15.9. The number of nitrogens with one attached hydrogen (secondary N) is 2. The quantitative estimate of drug-likeness (QED) is 0.423. The average molecular weight is 561 g/mol. The molecule has 0 unspecified atom stereocenters. The van der Waals surface area contributed by atoms with Gasteiger partial charge in [0, 0.05) is 44.5 Å². The lowest BCUT2D eigenvalue weighted by molar-refractivity contribution is -0.0660. The van der Waals surface area contributed by atoms with Crippen LogP contribution in [0.5, 0.6) is 11.6 Å². The molecule has 2 N–H and O–H groups in total. The van der Waals surface area contributed by atoms with Crippen LogP contribution in [0.2, 0.25) is 0 Å². The number of aromatic nitrogens is 3. The van der Waals surface area contributed by atoms with E-state index >= 15 is 0 Å². The van der Waals surface area contributed by atoms with E-state index in [1.807, 2.05) is 18.2 Å². The molecule has 5 heterocycles. The fraction of sp³-hybridized carbons (Fsp3) is 0.448. The van der Waals surface area contributed by atoms with E-state index in [4.69, 9.17) is 14.2 Å². The molecule has 0 aliphatic carbocycles. The number of piperidine rings is 1. The normalized spacial score (nSPS) is 21.5. The Hall–Kier alpha value is -4.05. The number of benzene rings is 1. The van der Waals surface area contributed by atoms with Crippen LogP contribution in [0.25, 0.3) is 11.3 Å². The number of halogens is 1. The Morgan fingerprint density at radius 2 is 1.98 bits per heavy atom. The zero-order valence-electron chi connectivity index (χ0n) is 22.9. The molecule has 3 aliphatic heterocycles. The molecule has 0 bridgehead atoms. The lowest BCUT2D eigenvalue weighted by atomic mass is 10.1. The van der Waals surface area contributed by atoms with Gasteiger partial charge >= 0.3 is 0 Å². The summed E-state index contributed by atoms with van der Waals surface area (Å²) < 4.78 is 31.1.